The van der Waals surface area contributed by atoms with E-state index in [1.54, 1.807) is 16.8 Å². The lowest BCUT2D eigenvalue weighted by Gasteiger charge is -2.10. The number of rotatable bonds is 4. The molecule has 1 aliphatic carbocycles. The molecule has 0 aliphatic heterocycles. The fourth-order valence-corrected chi connectivity index (χ4v) is 2.84. The molecular formula is C20H19N3O2. The maximum atomic E-state index is 12.8. The van der Waals surface area contributed by atoms with Gasteiger partial charge in [-0.1, -0.05) is 24.3 Å². The highest BCUT2D eigenvalue weighted by Gasteiger charge is 2.29. The number of nitrogens with zero attached hydrogens (tertiary/aromatic N) is 2. The van der Waals surface area contributed by atoms with Gasteiger partial charge in [0.15, 0.2) is 0 Å². The second-order valence-corrected chi connectivity index (χ2v) is 6.45. The Kier molecular flexibility index (Phi) is 3.76. The van der Waals surface area contributed by atoms with Crippen molar-refractivity contribution in [2.24, 2.45) is 0 Å². The molecular weight excluding hydrogens is 314 g/mol. The van der Waals surface area contributed by atoms with Gasteiger partial charge in [-0.3, -0.25) is 4.79 Å². The summed E-state index contributed by atoms with van der Waals surface area (Å²) in [6.45, 7) is 1.89. The van der Waals surface area contributed by atoms with Gasteiger partial charge in [0, 0.05) is 5.92 Å². The van der Waals surface area contributed by atoms with Gasteiger partial charge < -0.3 is 10.4 Å². The van der Waals surface area contributed by atoms with Gasteiger partial charge >= 0.3 is 0 Å². The van der Waals surface area contributed by atoms with Crippen molar-refractivity contribution in [3.63, 3.8) is 0 Å². The van der Waals surface area contributed by atoms with Crippen LogP contribution in [0.25, 0.3) is 5.69 Å². The molecule has 1 amide bonds. The number of anilines is 1. The standard InChI is InChI=1S/C20H19N3O2/c1-13-7-10-16(19(24)11-13)21-20(25)18-12-17(14-8-9-14)22-23(18)15-5-3-2-4-6-15/h2-7,10-12,14,24H,8-9H2,1H3,(H,21,25). The number of hydrogen-bond acceptors (Lipinski definition) is 3. The van der Waals surface area contributed by atoms with Crippen molar-refractivity contribution in [1.82, 2.24) is 9.78 Å². The molecule has 0 bridgehead atoms. The number of aromatic nitrogens is 2. The number of phenols is 1. The maximum absolute atomic E-state index is 12.8. The number of hydrogen-bond donors (Lipinski definition) is 2. The molecule has 0 unspecified atom stereocenters. The Morgan fingerprint density at radius 2 is 1.92 bits per heavy atom. The topological polar surface area (TPSA) is 67.2 Å². The number of amides is 1. The lowest BCUT2D eigenvalue weighted by Crippen LogP contribution is -2.17. The van der Waals surface area contributed by atoms with Crippen LogP contribution in [0.3, 0.4) is 0 Å². The normalized spacial score (nSPS) is 13.6. The Labute approximate surface area is 145 Å². The van der Waals surface area contributed by atoms with E-state index in [2.05, 4.69) is 10.4 Å². The number of phenolic OH excluding ortho intramolecular Hbond substituents is 1. The van der Waals surface area contributed by atoms with Crippen LogP contribution in [-0.4, -0.2) is 20.8 Å². The van der Waals surface area contributed by atoms with E-state index in [4.69, 9.17) is 0 Å². The minimum absolute atomic E-state index is 0.0570. The highest BCUT2D eigenvalue weighted by Crippen LogP contribution is 2.40. The largest absolute Gasteiger partial charge is 0.506 e. The molecule has 5 heteroatoms. The Morgan fingerprint density at radius 3 is 2.60 bits per heavy atom. The molecule has 25 heavy (non-hydrogen) atoms. The second kappa shape index (κ2) is 6.09. The summed E-state index contributed by atoms with van der Waals surface area (Å²) in [7, 11) is 0. The predicted octanol–water partition coefficient (Wildman–Crippen LogP) is 4.02. The first-order valence-corrected chi connectivity index (χ1v) is 8.38. The van der Waals surface area contributed by atoms with Gasteiger partial charge in [0.2, 0.25) is 0 Å². The van der Waals surface area contributed by atoms with Crippen molar-refractivity contribution >= 4 is 11.6 Å². The summed E-state index contributed by atoms with van der Waals surface area (Å²) in [5.41, 5.74) is 3.58. The second-order valence-electron chi connectivity index (χ2n) is 6.45. The number of benzene rings is 2. The molecule has 0 spiro atoms. The zero-order valence-electron chi connectivity index (χ0n) is 13.9. The molecule has 1 heterocycles. The van der Waals surface area contributed by atoms with Crippen molar-refractivity contribution < 1.29 is 9.90 Å². The first kappa shape index (κ1) is 15.4. The smallest absolute Gasteiger partial charge is 0.274 e. The van der Waals surface area contributed by atoms with E-state index in [9.17, 15) is 9.90 Å². The van der Waals surface area contributed by atoms with Crippen LogP contribution in [0.2, 0.25) is 0 Å². The number of nitrogens with one attached hydrogen (secondary N) is 1. The van der Waals surface area contributed by atoms with Gasteiger partial charge in [0.1, 0.15) is 11.4 Å². The fraction of sp³-hybridized carbons (Fsp3) is 0.200. The van der Waals surface area contributed by atoms with Crippen molar-refractivity contribution in [3.8, 4) is 11.4 Å². The van der Waals surface area contributed by atoms with Crippen molar-refractivity contribution in [2.45, 2.75) is 25.7 Å². The van der Waals surface area contributed by atoms with Crippen LogP contribution in [0.5, 0.6) is 5.75 Å². The van der Waals surface area contributed by atoms with Gasteiger partial charge in [-0.25, -0.2) is 4.68 Å². The molecule has 3 aromatic rings. The minimum atomic E-state index is -0.289. The van der Waals surface area contributed by atoms with Crippen LogP contribution in [0.15, 0.2) is 54.6 Å². The Balaban J connectivity index is 1.69. The van der Waals surface area contributed by atoms with Crippen LogP contribution in [0.1, 0.15) is 40.5 Å². The van der Waals surface area contributed by atoms with E-state index in [0.29, 0.717) is 17.3 Å². The van der Waals surface area contributed by atoms with Gasteiger partial charge in [-0.05, 0) is 55.7 Å². The number of carbonyl (C=O) groups excluding carboxylic acids is 1. The summed E-state index contributed by atoms with van der Waals surface area (Å²) in [6, 6.07) is 16.6. The maximum Gasteiger partial charge on any atom is 0.274 e. The van der Waals surface area contributed by atoms with Crippen LogP contribution in [0.4, 0.5) is 5.69 Å². The average molecular weight is 333 g/mol. The summed E-state index contributed by atoms with van der Waals surface area (Å²) < 4.78 is 1.67. The van der Waals surface area contributed by atoms with Crippen molar-refractivity contribution in [3.05, 3.63) is 71.5 Å². The summed E-state index contributed by atoms with van der Waals surface area (Å²) in [5, 5.41) is 17.5. The van der Waals surface area contributed by atoms with Crippen LogP contribution in [-0.2, 0) is 0 Å². The lowest BCUT2D eigenvalue weighted by atomic mass is 10.2. The highest BCUT2D eigenvalue weighted by atomic mass is 16.3. The van der Waals surface area contributed by atoms with Gasteiger partial charge in [-0.2, -0.15) is 5.10 Å². The molecule has 0 atom stereocenters. The Bertz CT molecular complexity index is 927. The fourth-order valence-electron chi connectivity index (χ4n) is 2.84. The molecule has 1 aromatic heterocycles. The van der Waals surface area contributed by atoms with Crippen LogP contribution < -0.4 is 5.32 Å². The molecule has 4 rings (SSSR count). The monoisotopic (exact) mass is 333 g/mol. The van der Waals surface area contributed by atoms with Gasteiger partial charge in [0.25, 0.3) is 5.91 Å². The first-order valence-electron chi connectivity index (χ1n) is 8.38. The van der Waals surface area contributed by atoms with E-state index in [1.165, 1.54) is 0 Å². The molecule has 0 saturated heterocycles. The van der Waals surface area contributed by atoms with Crippen LogP contribution in [0, 0.1) is 6.92 Å². The molecule has 0 radical (unpaired) electrons. The van der Waals surface area contributed by atoms with Crippen molar-refractivity contribution in [2.75, 3.05) is 5.32 Å². The predicted molar refractivity (Wildman–Crippen MR) is 96.3 cm³/mol. The van der Waals surface area contributed by atoms with Gasteiger partial charge in [0.05, 0.1) is 17.1 Å². The Hall–Kier alpha value is -3.08. The van der Waals surface area contributed by atoms with Gasteiger partial charge in [-0.15, -0.1) is 0 Å². The molecule has 1 saturated carbocycles. The minimum Gasteiger partial charge on any atom is -0.506 e. The number of carbonyl (C=O) groups is 1. The highest BCUT2D eigenvalue weighted by molar-refractivity contribution is 6.04. The quantitative estimate of drug-likeness (QED) is 0.709. The van der Waals surface area contributed by atoms with E-state index >= 15 is 0 Å². The molecule has 1 fully saturated rings. The third-order valence-electron chi connectivity index (χ3n) is 4.36. The number of aryl methyl sites for hydroxylation is 1. The van der Waals surface area contributed by atoms with E-state index in [0.717, 1.165) is 29.8 Å². The van der Waals surface area contributed by atoms with Crippen LogP contribution >= 0.6 is 0 Å². The summed E-state index contributed by atoms with van der Waals surface area (Å²) in [6.07, 6.45) is 2.23. The van der Waals surface area contributed by atoms with E-state index < -0.39 is 0 Å². The average Bonchev–Trinajstić information content (AvgIpc) is 3.36. The molecule has 2 N–H and O–H groups in total. The zero-order valence-corrected chi connectivity index (χ0v) is 13.9. The zero-order chi connectivity index (χ0) is 17.4. The first-order chi connectivity index (χ1) is 12.1. The summed E-state index contributed by atoms with van der Waals surface area (Å²) >= 11 is 0. The van der Waals surface area contributed by atoms with E-state index in [1.807, 2.05) is 49.4 Å². The number of aromatic hydroxyl groups is 1. The molecule has 2 aromatic carbocycles. The SMILES string of the molecule is Cc1ccc(NC(=O)c2cc(C3CC3)nn2-c2ccccc2)c(O)c1. The Morgan fingerprint density at radius 1 is 1.16 bits per heavy atom. The van der Waals surface area contributed by atoms with E-state index in [-0.39, 0.29) is 11.7 Å². The summed E-state index contributed by atoms with van der Waals surface area (Å²) in [4.78, 5) is 12.8. The molecule has 1 aliphatic rings. The third kappa shape index (κ3) is 3.13. The molecule has 126 valence electrons. The lowest BCUT2D eigenvalue weighted by molar-refractivity contribution is 0.101. The molecule has 5 nitrogen and oxygen atoms in total. The number of para-hydroxylation sites is 1. The van der Waals surface area contributed by atoms with Crippen molar-refractivity contribution in [1.29, 1.82) is 0 Å². The summed E-state index contributed by atoms with van der Waals surface area (Å²) in [5.74, 6) is 0.216. The third-order valence-corrected chi connectivity index (χ3v) is 4.36.